The second kappa shape index (κ2) is 8.43. The first kappa shape index (κ1) is 22.1. The van der Waals surface area contributed by atoms with E-state index in [9.17, 15) is 27.1 Å². The smallest absolute Gasteiger partial charge is 0.302 e. The van der Waals surface area contributed by atoms with Crippen molar-refractivity contribution in [1.29, 1.82) is 0 Å². The maximum atomic E-state index is 12.9. The van der Waals surface area contributed by atoms with Crippen LogP contribution in [0.3, 0.4) is 0 Å². The molecule has 9 nitrogen and oxygen atoms in total. The molecule has 3 aromatic rings. The number of hydrogen-bond donors (Lipinski definition) is 1. The van der Waals surface area contributed by atoms with Gasteiger partial charge in [0.05, 0.1) is 24.8 Å². The normalized spacial score (nSPS) is 14.7. The van der Waals surface area contributed by atoms with Crippen LogP contribution in [0.1, 0.15) is 28.3 Å². The second-order valence-electron chi connectivity index (χ2n) is 7.55. The number of carbonyl (C=O) groups excluding carboxylic acids is 1. The van der Waals surface area contributed by atoms with E-state index in [1.807, 2.05) is 6.07 Å². The Morgan fingerprint density at radius 2 is 1.88 bits per heavy atom. The molecule has 0 spiro atoms. The van der Waals surface area contributed by atoms with Crippen molar-refractivity contribution in [2.75, 3.05) is 6.61 Å². The van der Waals surface area contributed by atoms with E-state index in [1.165, 1.54) is 24.2 Å². The Kier molecular flexibility index (Phi) is 5.82. The number of aliphatic hydroxyl groups excluding tert-OH is 1. The summed E-state index contributed by atoms with van der Waals surface area (Å²) in [5.41, 5.74) is 1.88. The summed E-state index contributed by atoms with van der Waals surface area (Å²) >= 11 is 0. The van der Waals surface area contributed by atoms with Gasteiger partial charge in [-0.15, -0.1) is 0 Å². The molecule has 12 heteroatoms. The minimum absolute atomic E-state index is 0.0961. The zero-order chi connectivity index (χ0) is 23.0. The highest BCUT2D eigenvalue weighted by molar-refractivity contribution is 7.89. The lowest BCUT2D eigenvalue weighted by molar-refractivity contribution is -0.134. The van der Waals surface area contributed by atoms with Crippen LogP contribution in [0.4, 0.5) is 8.78 Å². The Bertz CT molecular complexity index is 1220. The summed E-state index contributed by atoms with van der Waals surface area (Å²) in [6.07, 6.45) is -0.115. The third-order valence-corrected chi connectivity index (χ3v) is 6.84. The fourth-order valence-electron chi connectivity index (χ4n) is 3.72. The summed E-state index contributed by atoms with van der Waals surface area (Å²) in [5.74, 6) is -1.01. The summed E-state index contributed by atoms with van der Waals surface area (Å²) in [4.78, 5) is 14.4. The van der Waals surface area contributed by atoms with Crippen LogP contribution < -0.4 is 0 Å². The molecule has 0 bridgehead atoms. The summed E-state index contributed by atoms with van der Waals surface area (Å²) in [6.45, 7) is 0.644. The van der Waals surface area contributed by atoms with Crippen molar-refractivity contribution in [1.82, 2.24) is 23.9 Å². The van der Waals surface area contributed by atoms with Gasteiger partial charge in [-0.25, -0.2) is 8.78 Å². The monoisotopic (exact) mass is 465 g/mol. The summed E-state index contributed by atoms with van der Waals surface area (Å²) in [5, 5.41) is 17.3. The van der Waals surface area contributed by atoms with Gasteiger partial charge in [-0.3, -0.25) is 9.48 Å². The van der Waals surface area contributed by atoms with Crippen LogP contribution in [0.5, 0.6) is 0 Å². The number of rotatable bonds is 7. The molecule has 1 N–H and O–H groups in total. The lowest BCUT2D eigenvalue weighted by Crippen LogP contribution is -2.33. The Balaban J connectivity index is 1.53. The van der Waals surface area contributed by atoms with Gasteiger partial charge in [0.2, 0.25) is 10.9 Å². The molecular weight excluding hydrogens is 444 g/mol. The van der Waals surface area contributed by atoms with Gasteiger partial charge in [0.1, 0.15) is 6.54 Å². The maximum absolute atomic E-state index is 12.9. The highest BCUT2D eigenvalue weighted by atomic mass is 32.2. The van der Waals surface area contributed by atoms with Crippen molar-refractivity contribution in [3.05, 3.63) is 65.1 Å². The number of aromatic nitrogens is 4. The molecule has 0 radical (unpaired) electrons. The predicted molar refractivity (Wildman–Crippen MR) is 108 cm³/mol. The molecule has 1 aliphatic rings. The van der Waals surface area contributed by atoms with E-state index in [0.717, 1.165) is 8.77 Å². The first-order valence-corrected chi connectivity index (χ1v) is 11.2. The van der Waals surface area contributed by atoms with Gasteiger partial charge in [0.25, 0.3) is 6.43 Å². The van der Waals surface area contributed by atoms with Crippen LogP contribution in [-0.4, -0.2) is 56.3 Å². The number of halogens is 2. The van der Waals surface area contributed by atoms with Crippen LogP contribution in [0.2, 0.25) is 0 Å². The molecule has 1 atom stereocenters. The van der Waals surface area contributed by atoms with E-state index in [2.05, 4.69) is 10.2 Å². The van der Waals surface area contributed by atoms with Gasteiger partial charge < -0.3 is 10.0 Å². The number of hydrogen-bond acceptors (Lipinski definition) is 6. The predicted octanol–water partition coefficient (Wildman–Crippen LogP) is 1.51. The Hall–Kier alpha value is -3.12. The lowest BCUT2D eigenvalue weighted by atomic mass is 9.98. The largest absolute Gasteiger partial charge is 0.395 e. The van der Waals surface area contributed by atoms with Gasteiger partial charge in [0, 0.05) is 30.1 Å². The number of aliphatic hydroxyl groups is 1. The fourth-order valence-corrected chi connectivity index (χ4v) is 5.04. The van der Waals surface area contributed by atoms with Crippen molar-refractivity contribution in [3.8, 4) is 0 Å². The van der Waals surface area contributed by atoms with Crippen molar-refractivity contribution in [2.45, 2.75) is 43.9 Å². The minimum Gasteiger partial charge on any atom is -0.395 e. The van der Waals surface area contributed by atoms with Crippen molar-refractivity contribution in [2.24, 2.45) is 0 Å². The number of alkyl halides is 2. The Morgan fingerprint density at radius 1 is 1.16 bits per heavy atom. The molecule has 4 rings (SSSR count). The van der Waals surface area contributed by atoms with Crippen LogP contribution in [-0.2, 0) is 34.5 Å². The van der Waals surface area contributed by atoms with E-state index >= 15 is 0 Å². The van der Waals surface area contributed by atoms with E-state index in [4.69, 9.17) is 0 Å². The fraction of sp³-hybridized carbons (Fsp3) is 0.350. The van der Waals surface area contributed by atoms with E-state index in [1.54, 1.807) is 24.3 Å². The molecule has 2 aromatic heterocycles. The van der Waals surface area contributed by atoms with Gasteiger partial charge >= 0.3 is 10.0 Å². The molecule has 3 heterocycles. The molecule has 0 aliphatic carbocycles. The quantitative estimate of drug-likeness (QED) is 0.566. The highest BCUT2D eigenvalue weighted by Crippen LogP contribution is 2.28. The lowest BCUT2D eigenvalue weighted by Gasteiger charge is -2.22. The van der Waals surface area contributed by atoms with Gasteiger partial charge in [-0.1, -0.05) is 30.3 Å². The molecular formula is C20H21F2N5O4S. The molecule has 0 saturated heterocycles. The summed E-state index contributed by atoms with van der Waals surface area (Å²) < 4.78 is 52.7. The molecule has 170 valence electrons. The standard InChI is InChI=1S/C20H21F2N5O4S/c1-13-7-26(11-18(21)22)24-19(13)32(30,31)27-9-15-8-25(10-17(15)23-27)20(29)16(12-28)14-5-3-2-4-6-14/h2-7,9,16,18,28H,8,10-12H2,1H3/t16-/m1/s1. The third kappa shape index (κ3) is 4.02. The van der Waals surface area contributed by atoms with Crippen molar-refractivity contribution < 1.29 is 27.1 Å². The number of aryl methyl sites for hydroxylation is 1. The van der Waals surface area contributed by atoms with E-state index in [-0.39, 0.29) is 36.2 Å². The van der Waals surface area contributed by atoms with Gasteiger partial charge in [-0.2, -0.15) is 22.7 Å². The molecule has 0 unspecified atom stereocenters. The average Bonchev–Trinajstić information content (AvgIpc) is 3.42. The number of nitrogens with zero attached hydrogens (tertiary/aromatic N) is 5. The molecule has 0 saturated carbocycles. The van der Waals surface area contributed by atoms with Crippen molar-refractivity contribution in [3.63, 3.8) is 0 Å². The number of benzene rings is 1. The molecule has 1 aliphatic heterocycles. The maximum Gasteiger partial charge on any atom is 0.302 e. The van der Waals surface area contributed by atoms with Crippen LogP contribution >= 0.6 is 0 Å². The number of carbonyl (C=O) groups is 1. The molecule has 0 fully saturated rings. The number of amides is 1. The zero-order valence-electron chi connectivity index (χ0n) is 17.1. The Labute approximate surface area is 182 Å². The SMILES string of the molecule is Cc1cn(CC(F)F)nc1S(=O)(=O)n1cc2c(n1)CN(C(=O)[C@H](CO)c1ccccc1)C2. The minimum atomic E-state index is -4.18. The average molecular weight is 465 g/mol. The van der Waals surface area contributed by atoms with Crippen LogP contribution in [0, 0.1) is 6.92 Å². The summed E-state index contributed by atoms with van der Waals surface area (Å²) in [6, 6.07) is 8.90. The first-order chi connectivity index (χ1) is 15.2. The van der Waals surface area contributed by atoms with Crippen molar-refractivity contribution >= 4 is 15.9 Å². The molecule has 32 heavy (non-hydrogen) atoms. The molecule has 1 amide bonds. The first-order valence-electron chi connectivity index (χ1n) is 9.80. The Morgan fingerprint density at radius 3 is 2.50 bits per heavy atom. The second-order valence-corrected chi connectivity index (χ2v) is 9.26. The molecule has 1 aromatic carbocycles. The van der Waals surface area contributed by atoms with Crippen LogP contribution in [0.25, 0.3) is 0 Å². The van der Waals surface area contributed by atoms with Crippen LogP contribution in [0.15, 0.2) is 47.8 Å². The zero-order valence-corrected chi connectivity index (χ0v) is 17.9. The van der Waals surface area contributed by atoms with Gasteiger partial charge in [0.15, 0.2) is 0 Å². The van der Waals surface area contributed by atoms with E-state index in [0.29, 0.717) is 16.8 Å². The van der Waals surface area contributed by atoms with Gasteiger partial charge in [-0.05, 0) is 12.5 Å². The number of fused-ring (bicyclic) bond motifs is 1. The highest BCUT2D eigenvalue weighted by Gasteiger charge is 2.34. The summed E-state index contributed by atoms with van der Waals surface area (Å²) in [7, 11) is -4.18. The van der Waals surface area contributed by atoms with E-state index < -0.39 is 28.9 Å². The topological polar surface area (TPSA) is 110 Å². The third-order valence-electron chi connectivity index (χ3n) is 5.27.